The fraction of sp³-hybridized carbons (Fsp3) is 0.458. The highest BCUT2D eigenvalue weighted by Gasteiger charge is 2.24. The van der Waals surface area contributed by atoms with Gasteiger partial charge in [-0.15, -0.1) is 0 Å². The van der Waals surface area contributed by atoms with Crippen LogP contribution in [-0.4, -0.2) is 60.5 Å². The number of fused-ring (bicyclic) bond motifs is 1. The van der Waals surface area contributed by atoms with E-state index in [0.29, 0.717) is 11.9 Å². The Morgan fingerprint density at radius 3 is 2.56 bits per heavy atom. The molecule has 5 rings (SSSR count). The van der Waals surface area contributed by atoms with Gasteiger partial charge < -0.3 is 24.4 Å². The number of methoxy groups -OCH3 is 1. The lowest BCUT2D eigenvalue weighted by atomic mass is 9.92. The third-order valence-corrected chi connectivity index (χ3v) is 6.18. The van der Waals surface area contributed by atoms with Crippen molar-refractivity contribution < 1.29 is 14.2 Å². The maximum atomic E-state index is 6.51. The van der Waals surface area contributed by atoms with Gasteiger partial charge in [-0.3, -0.25) is 4.98 Å². The highest BCUT2D eigenvalue weighted by molar-refractivity contribution is 5.85. The average Bonchev–Trinajstić information content (AvgIpc) is 2.86. The van der Waals surface area contributed by atoms with E-state index < -0.39 is 0 Å². The molecule has 1 saturated carbocycles. The topological polar surface area (TPSA) is 81.6 Å². The minimum Gasteiger partial charge on any atom is -0.488 e. The van der Waals surface area contributed by atoms with E-state index >= 15 is 0 Å². The molecule has 32 heavy (non-hydrogen) atoms. The Balaban J connectivity index is 1.25. The highest BCUT2D eigenvalue weighted by Crippen LogP contribution is 2.33. The van der Waals surface area contributed by atoms with Crippen LogP contribution in [0.3, 0.4) is 0 Å². The molecule has 1 saturated heterocycles. The van der Waals surface area contributed by atoms with E-state index in [9.17, 15) is 0 Å². The predicted molar refractivity (Wildman–Crippen MR) is 124 cm³/mol. The number of hydrogen-bond acceptors (Lipinski definition) is 8. The molecule has 8 heteroatoms. The minimum absolute atomic E-state index is 0.173. The van der Waals surface area contributed by atoms with Crippen LogP contribution < -0.4 is 19.7 Å². The number of rotatable bonds is 6. The number of nitrogens with one attached hydrogen (secondary N) is 1. The summed E-state index contributed by atoms with van der Waals surface area (Å²) in [6.45, 7) is 3.25. The van der Waals surface area contributed by atoms with Gasteiger partial charge in [0.05, 0.1) is 43.8 Å². The van der Waals surface area contributed by atoms with Crippen molar-refractivity contribution in [3.63, 3.8) is 0 Å². The lowest BCUT2D eigenvalue weighted by Crippen LogP contribution is -2.36. The van der Waals surface area contributed by atoms with Gasteiger partial charge in [0.2, 0.25) is 5.88 Å². The molecule has 168 valence electrons. The Kier molecular flexibility index (Phi) is 6.20. The molecule has 0 bridgehead atoms. The summed E-state index contributed by atoms with van der Waals surface area (Å²) in [5, 5.41) is 3.58. The molecule has 2 aliphatic rings. The second kappa shape index (κ2) is 9.56. The fourth-order valence-corrected chi connectivity index (χ4v) is 4.45. The number of pyridine rings is 1. The van der Waals surface area contributed by atoms with Crippen molar-refractivity contribution in [1.29, 1.82) is 0 Å². The van der Waals surface area contributed by atoms with Gasteiger partial charge in [0.1, 0.15) is 11.3 Å². The number of ether oxygens (including phenoxy) is 3. The second-order valence-corrected chi connectivity index (χ2v) is 8.29. The smallest absolute Gasteiger partial charge is 0.213 e. The van der Waals surface area contributed by atoms with Gasteiger partial charge in [0, 0.05) is 49.3 Å². The molecule has 2 aromatic heterocycles. The Bertz CT molecular complexity index is 1030. The van der Waals surface area contributed by atoms with Gasteiger partial charge in [-0.1, -0.05) is 0 Å². The van der Waals surface area contributed by atoms with E-state index in [2.05, 4.69) is 37.3 Å². The molecule has 0 amide bonds. The standard InChI is InChI=1S/C24H29N5O3/c1-30-23-7-4-18(16-27-23)28-17-2-5-20(6-3-17)32-22-15-19(29-10-12-31-13-11-29)14-21-24(22)26-9-8-25-21/h4,7-9,14-17,20,28H,2-3,5-6,10-13H2,1H3/t17-,20+. The van der Waals surface area contributed by atoms with E-state index in [1.54, 1.807) is 19.5 Å². The Hall–Kier alpha value is -3.13. The first kappa shape index (κ1) is 20.8. The predicted octanol–water partition coefficient (Wildman–Crippen LogP) is 3.67. The maximum absolute atomic E-state index is 6.51. The third kappa shape index (κ3) is 4.70. The van der Waals surface area contributed by atoms with E-state index in [1.165, 1.54) is 0 Å². The Morgan fingerprint density at radius 1 is 1.00 bits per heavy atom. The van der Waals surface area contributed by atoms with Crippen LogP contribution in [0.5, 0.6) is 11.6 Å². The SMILES string of the molecule is COc1ccc(N[C@H]2CC[C@@H](Oc3cc(N4CCOCC4)cc4nccnc34)CC2)cn1. The summed E-state index contributed by atoms with van der Waals surface area (Å²) in [6.07, 6.45) is 9.53. The zero-order chi connectivity index (χ0) is 21.8. The molecule has 1 aliphatic heterocycles. The van der Waals surface area contributed by atoms with Crippen molar-refractivity contribution in [3.8, 4) is 11.6 Å². The molecule has 1 N–H and O–H groups in total. The van der Waals surface area contributed by atoms with Crippen LogP contribution in [0.4, 0.5) is 11.4 Å². The van der Waals surface area contributed by atoms with E-state index in [-0.39, 0.29) is 6.10 Å². The van der Waals surface area contributed by atoms with Crippen molar-refractivity contribution in [1.82, 2.24) is 15.0 Å². The van der Waals surface area contributed by atoms with Gasteiger partial charge in [-0.05, 0) is 37.8 Å². The summed E-state index contributed by atoms with van der Waals surface area (Å²) >= 11 is 0. The second-order valence-electron chi connectivity index (χ2n) is 8.29. The number of nitrogens with zero attached hydrogens (tertiary/aromatic N) is 4. The molecule has 8 nitrogen and oxygen atoms in total. The van der Waals surface area contributed by atoms with E-state index in [4.69, 9.17) is 14.2 Å². The van der Waals surface area contributed by atoms with Crippen LogP contribution in [0.15, 0.2) is 42.9 Å². The molecular formula is C24H29N5O3. The first-order chi connectivity index (χ1) is 15.8. The quantitative estimate of drug-likeness (QED) is 0.628. The Morgan fingerprint density at radius 2 is 1.81 bits per heavy atom. The summed E-state index contributed by atoms with van der Waals surface area (Å²) < 4.78 is 17.2. The van der Waals surface area contributed by atoms with Crippen molar-refractivity contribution in [3.05, 3.63) is 42.9 Å². The number of aromatic nitrogens is 3. The largest absolute Gasteiger partial charge is 0.488 e. The van der Waals surface area contributed by atoms with Crippen molar-refractivity contribution in [2.24, 2.45) is 0 Å². The number of hydrogen-bond donors (Lipinski definition) is 1. The molecule has 0 atom stereocenters. The first-order valence-corrected chi connectivity index (χ1v) is 11.3. The van der Waals surface area contributed by atoms with Gasteiger partial charge in [-0.2, -0.15) is 0 Å². The van der Waals surface area contributed by atoms with Gasteiger partial charge >= 0.3 is 0 Å². The van der Waals surface area contributed by atoms with Gasteiger partial charge in [-0.25, -0.2) is 9.97 Å². The normalized spacial score (nSPS) is 21.3. The summed E-state index contributed by atoms with van der Waals surface area (Å²) in [6, 6.07) is 8.53. The first-order valence-electron chi connectivity index (χ1n) is 11.3. The highest BCUT2D eigenvalue weighted by atomic mass is 16.5. The van der Waals surface area contributed by atoms with Crippen LogP contribution in [0.1, 0.15) is 25.7 Å². The molecule has 3 heterocycles. The van der Waals surface area contributed by atoms with Crippen molar-refractivity contribution in [2.75, 3.05) is 43.6 Å². The van der Waals surface area contributed by atoms with Crippen molar-refractivity contribution in [2.45, 2.75) is 37.8 Å². The summed E-state index contributed by atoms with van der Waals surface area (Å²) in [7, 11) is 1.63. The zero-order valence-electron chi connectivity index (χ0n) is 18.4. The third-order valence-electron chi connectivity index (χ3n) is 6.18. The zero-order valence-corrected chi connectivity index (χ0v) is 18.4. The molecule has 3 aromatic rings. The molecule has 0 radical (unpaired) electrons. The Labute approximate surface area is 187 Å². The number of morpholine rings is 1. The lowest BCUT2D eigenvalue weighted by Gasteiger charge is -2.31. The molecule has 1 aromatic carbocycles. The maximum Gasteiger partial charge on any atom is 0.213 e. The summed E-state index contributed by atoms with van der Waals surface area (Å²) in [5.74, 6) is 1.45. The summed E-state index contributed by atoms with van der Waals surface area (Å²) in [5.41, 5.74) is 3.84. The number of benzene rings is 1. The molecule has 1 aliphatic carbocycles. The van der Waals surface area contributed by atoms with E-state index in [1.807, 2.05) is 18.3 Å². The van der Waals surface area contributed by atoms with Crippen molar-refractivity contribution >= 4 is 22.4 Å². The van der Waals surface area contributed by atoms with Crippen LogP contribution in [0, 0.1) is 0 Å². The minimum atomic E-state index is 0.173. The van der Waals surface area contributed by atoms with Gasteiger partial charge in [0.25, 0.3) is 0 Å². The molecule has 0 unspecified atom stereocenters. The lowest BCUT2D eigenvalue weighted by molar-refractivity contribution is 0.122. The molecular weight excluding hydrogens is 406 g/mol. The fourth-order valence-electron chi connectivity index (χ4n) is 4.45. The summed E-state index contributed by atoms with van der Waals surface area (Å²) in [4.78, 5) is 15.7. The van der Waals surface area contributed by atoms with Crippen LogP contribution >= 0.6 is 0 Å². The molecule has 2 fully saturated rings. The van der Waals surface area contributed by atoms with E-state index in [0.717, 1.165) is 80.1 Å². The van der Waals surface area contributed by atoms with Gasteiger partial charge in [0.15, 0.2) is 0 Å². The monoisotopic (exact) mass is 435 g/mol. The van der Waals surface area contributed by atoms with Crippen LogP contribution in [0.2, 0.25) is 0 Å². The molecule has 0 spiro atoms. The average molecular weight is 436 g/mol. The van der Waals surface area contributed by atoms with Crippen LogP contribution in [-0.2, 0) is 4.74 Å². The van der Waals surface area contributed by atoms with Crippen LogP contribution in [0.25, 0.3) is 11.0 Å². The number of anilines is 2.